The molecule has 0 amide bonds. The van der Waals surface area contributed by atoms with Crippen LogP contribution in [0.25, 0.3) is 10.4 Å². The molecule has 1 aromatic heterocycles. The van der Waals surface area contributed by atoms with E-state index in [4.69, 9.17) is 0 Å². The normalized spacial score (nSPS) is 10.9. The van der Waals surface area contributed by atoms with Crippen molar-refractivity contribution in [3.05, 3.63) is 44.2 Å². The zero-order valence-electron chi connectivity index (χ0n) is 10.0. The van der Waals surface area contributed by atoms with E-state index in [0.717, 1.165) is 24.3 Å². The summed E-state index contributed by atoms with van der Waals surface area (Å²) in [5.41, 5.74) is 1.11. The van der Waals surface area contributed by atoms with Gasteiger partial charge in [-0.1, -0.05) is 45.7 Å². The van der Waals surface area contributed by atoms with Gasteiger partial charge in [-0.05, 0) is 30.3 Å². The Labute approximate surface area is 127 Å². The monoisotopic (exact) mass is 386 g/mol. The standard InChI is InChI=1S/C14H12Br2OS/c1-8(2)14(17)13-6-5-12(18-13)10-7-9(15)3-4-11(10)16/h3-8H,1-2H3. The number of benzene rings is 1. The first-order chi connectivity index (χ1) is 8.49. The van der Waals surface area contributed by atoms with Gasteiger partial charge in [0.15, 0.2) is 5.78 Å². The van der Waals surface area contributed by atoms with Crippen molar-refractivity contribution in [2.24, 2.45) is 5.92 Å². The van der Waals surface area contributed by atoms with E-state index in [1.807, 2.05) is 38.1 Å². The van der Waals surface area contributed by atoms with E-state index < -0.39 is 0 Å². The fourth-order valence-corrected chi connectivity index (χ4v) is 3.66. The molecule has 4 heteroatoms. The van der Waals surface area contributed by atoms with Gasteiger partial charge >= 0.3 is 0 Å². The van der Waals surface area contributed by atoms with Crippen molar-refractivity contribution < 1.29 is 4.79 Å². The molecular weight excluding hydrogens is 376 g/mol. The van der Waals surface area contributed by atoms with Crippen molar-refractivity contribution in [3.8, 4) is 10.4 Å². The van der Waals surface area contributed by atoms with Crippen LogP contribution in [0, 0.1) is 5.92 Å². The van der Waals surface area contributed by atoms with Gasteiger partial charge in [0.1, 0.15) is 0 Å². The molecule has 0 N–H and O–H groups in total. The number of hydrogen-bond donors (Lipinski definition) is 0. The van der Waals surface area contributed by atoms with Gasteiger partial charge in [-0.25, -0.2) is 0 Å². The largest absolute Gasteiger partial charge is 0.293 e. The van der Waals surface area contributed by atoms with Crippen molar-refractivity contribution in [3.63, 3.8) is 0 Å². The van der Waals surface area contributed by atoms with Crippen LogP contribution in [0.4, 0.5) is 0 Å². The van der Waals surface area contributed by atoms with Gasteiger partial charge in [0, 0.05) is 25.3 Å². The average Bonchev–Trinajstić information content (AvgIpc) is 2.80. The van der Waals surface area contributed by atoms with E-state index in [1.165, 1.54) is 0 Å². The lowest BCUT2D eigenvalue weighted by atomic mass is 10.1. The number of rotatable bonds is 3. The molecule has 0 aliphatic heterocycles. The molecule has 0 radical (unpaired) electrons. The van der Waals surface area contributed by atoms with Crippen molar-refractivity contribution in [1.82, 2.24) is 0 Å². The highest BCUT2D eigenvalue weighted by Crippen LogP contribution is 2.36. The Morgan fingerprint density at radius 3 is 2.56 bits per heavy atom. The van der Waals surface area contributed by atoms with Crippen LogP contribution in [-0.4, -0.2) is 5.78 Å². The summed E-state index contributed by atoms with van der Waals surface area (Å²) < 4.78 is 2.07. The number of hydrogen-bond acceptors (Lipinski definition) is 2. The highest BCUT2D eigenvalue weighted by atomic mass is 79.9. The second kappa shape index (κ2) is 5.68. The van der Waals surface area contributed by atoms with Crippen LogP contribution in [0.15, 0.2) is 39.3 Å². The molecule has 0 saturated heterocycles. The lowest BCUT2D eigenvalue weighted by molar-refractivity contribution is 0.0943. The summed E-state index contributed by atoms with van der Waals surface area (Å²) in [5, 5.41) is 0. The molecule has 18 heavy (non-hydrogen) atoms. The van der Waals surface area contributed by atoms with E-state index in [0.29, 0.717) is 0 Å². The molecule has 0 aliphatic rings. The second-order valence-corrected chi connectivity index (χ2v) is 7.16. The fraction of sp³-hybridized carbons (Fsp3) is 0.214. The summed E-state index contributed by atoms with van der Waals surface area (Å²) in [6.07, 6.45) is 0. The third kappa shape index (κ3) is 2.92. The molecule has 0 atom stereocenters. The summed E-state index contributed by atoms with van der Waals surface area (Å²) in [7, 11) is 0. The van der Waals surface area contributed by atoms with Gasteiger partial charge < -0.3 is 0 Å². The lowest BCUT2D eigenvalue weighted by Gasteiger charge is -2.03. The third-order valence-corrected chi connectivity index (χ3v) is 4.88. The molecular formula is C14H12Br2OS. The molecule has 0 aliphatic carbocycles. The van der Waals surface area contributed by atoms with Crippen LogP contribution < -0.4 is 0 Å². The maximum atomic E-state index is 11.9. The van der Waals surface area contributed by atoms with Crippen LogP contribution in [-0.2, 0) is 0 Å². The number of Topliss-reactive ketones (excluding diaryl/α,β-unsaturated/α-hetero) is 1. The Balaban J connectivity index is 2.41. The summed E-state index contributed by atoms with van der Waals surface area (Å²) in [6.45, 7) is 3.85. The molecule has 94 valence electrons. The molecule has 2 rings (SSSR count). The lowest BCUT2D eigenvalue weighted by Crippen LogP contribution is -2.04. The van der Waals surface area contributed by atoms with Crippen LogP contribution in [0.2, 0.25) is 0 Å². The van der Waals surface area contributed by atoms with E-state index in [1.54, 1.807) is 11.3 Å². The highest BCUT2D eigenvalue weighted by molar-refractivity contribution is 9.11. The van der Waals surface area contributed by atoms with Gasteiger partial charge in [-0.15, -0.1) is 11.3 Å². The van der Waals surface area contributed by atoms with E-state index in [2.05, 4.69) is 37.9 Å². The summed E-state index contributed by atoms with van der Waals surface area (Å²) in [5.74, 6) is 0.250. The minimum absolute atomic E-state index is 0.0439. The minimum Gasteiger partial charge on any atom is -0.293 e. The number of halogens is 2. The van der Waals surface area contributed by atoms with Crippen LogP contribution >= 0.6 is 43.2 Å². The molecule has 0 fully saturated rings. The van der Waals surface area contributed by atoms with E-state index in [-0.39, 0.29) is 11.7 Å². The van der Waals surface area contributed by atoms with E-state index in [9.17, 15) is 4.79 Å². The number of carbonyl (C=O) groups is 1. The fourth-order valence-electron chi connectivity index (χ4n) is 1.59. The molecule has 0 bridgehead atoms. The highest BCUT2D eigenvalue weighted by Gasteiger charge is 2.14. The van der Waals surface area contributed by atoms with Crippen molar-refractivity contribution in [2.75, 3.05) is 0 Å². The zero-order valence-corrected chi connectivity index (χ0v) is 14.0. The number of ketones is 1. The topological polar surface area (TPSA) is 17.1 Å². The maximum absolute atomic E-state index is 11.9. The van der Waals surface area contributed by atoms with Crippen LogP contribution in [0.5, 0.6) is 0 Å². The second-order valence-electron chi connectivity index (χ2n) is 4.31. The van der Waals surface area contributed by atoms with Crippen molar-refractivity contribution in [1.29, 1.82) is 0 Å². The molecule has 1 heterocycles. The summed E-state index contributed by atoms with van der Waals surface area (Å²) in [6, 6.07) is 9.96. The van der Waals surface area contributed by atoms with Gasteiger partial charge in [-0.3, -0.25) is 4.79 Å². The predicted octanol–water partition coefficient (Wildman–Crippen LogP) is 5.78. The van der Waals surface area contributed by atoms with E-state index >= 15 is 0 Å². The van der Waals surface area contributed by atoms with Gasteiger partial charge in [0.05, 0.1) is 4.88 Å². The van der Waals surface area contributed by atoms with Gasteiger partial charge in [-0.2, -0.15) is 0 Å². The van der Waals surface area contributed by atoms with Gasteiger partial charge in [0.2, 0.25) is 0 Å². The first-order valence-electron chi connectivity index (χ1n) is 5.58. The molecule has 1 aromatic carbocycles. The Hall–Kier alpha value is -0.450. The maximum Gasteiger partial charge on any atom is 0.175 e. The molecule has 0 spiro atoms. The van der Waals surface area contributed by atoms with Crippen LogP contribution in [0.3, 0.4) is 0 Å². The third-order valence-electron chi connectivity index (χ3n) is 2.57. The molecule has 0 saturated carbocycles. The summed E-state index contributed by atoms with van der Waals surface area (Å²) in [4.78, 5) is 13.9. The quantitative estimate of drug-likeness (QED) is 0.610. The Morgan fingerprint density at radius 1 is 1.17 bits per heavy atom. The molecule has 1 nitrogen and oxygen atoms in total. The minimum atomic E-state index is 0.0439. The number of carbonyl (C=O) groups excluding carboxylic acids is 1. The summed E-state index contributed by atoms with van der Waals surface area (Å²) >= 11 is 8.56. The van der Waals surface area contributed by atoms with Crippen molar-refractivity contribution >= 4 is 49.0 Å². The first kappa shape index (κ1) is 14.0. The van der Waals surface area contributed by atoms with Gasteiger partial charge in [0.25, 0.3) is 0 Å². The average molecular weight is 388 g/mol. The Morgan fingerprint density at radius 2 is 1.89 bits per heavy atom. The first-order valence-corrected chi connectivity index (χ1v) is 7.98. The number of thiophene rings is 1. The Bertz CT molecular complexity index is 587. The molecule has 2 aromatic rings. The predicted molar refractivity (Wildman–Crippen MR) is 84.3 cm³/mol. The Kier molecular flexibility index (Phi) is 4.41. The zero-order chi connectivity index (χ0) is 13.3. The molecule has 0 unspecified atom stereocenters. The SMILES string of the molecule is CC(C)C(=O)c1ccc(-c2cc(Br)ccc2Br)s1. The van der Waals surface area contributed by atoms with Crippen LogP contribution in [0.1, 0.15) is 23.5 Å². The van der Waals surface area contributed by atoms with Crippen molar-refractivity contribution in [2.45, 2.75) is 13.8 Å². The smallest absolute Gasteiger partial charge is 0.175 e.